The van der Waals surface area contributed by atoms with Crippen LogP contribution in [0, 0.1) is 0 Å². The summed E-state index contributed by atoms with van der Waals surface area (Å²) in [5.74, 6) is 0. The molecule has 0 radical (unpaired) electrons. The number of pyridine rings is 1. The van der Waals surface area contributed by atoms with Crippen LogP contribution in [0.5, 0.6) is 0 Å². The number of aromatic nitrogens is 1. The van der Waals surface area contributed by atoms with Gasteiger partial charge in [-0.05, 0) is 54.9 Å². The van der Waals surface area contributed by atoms with E-state index in [-0.39, 0.29) is 16.7 Å². The third-order valence-electron chi connectivity index (χ3n) is 5.39. The van der Waals surface area contributed by atoms with Crippen molar-refractivity contribution in [2.24, 2.45) is 0 Å². The largest absolute Gasteiger partial charge is 0.410 e. The highest BCUT2D eigenvalue weighted by atomic mass is 28.4. The van der Waals surface area contributed by atoms with Crippen molar-refractivity contribution in [3.8, 4) is 0 Å². The van der Waals surface area contributed by atoms with Crippen molar-refractivity contribution in [1.82, 2.24) is 4.98 Å². The van der Waals surface area contributed by atoms with E-state index in [2.05, 4.69) is 51.2 Å². The maximum absolute atomic E-state index is 12.2. The summed E-state index contributed by atoms with van der Waals surface area (Å²) in [6, 6.07) is 7.78. The highest BCUT2D eigenvalue weighted by Gasteiger charge is 2.39. The second-order valence-electron chi connectivity index (χ2n) is 8.32. The van der Waals surface area contributed by atoms with Crippen LogP contribution >= 0.6 is 0 Å². The van der Waals surface area contributed by atoms with Crippen molar-refractivity contribution >= 4 is 19.1 Å². The summed E-state index contributed by atoms with van der Waals surface area (Å²) in [6.45, 7) is 14.9. The maximum atomic E-state index is 12.2. The van der Waals surface area contributed by atoms with Gasteiger partial charge in [-0.3, -0.25) is 4.79 Å². The summed E-state index contributed by atoms with van der Waals surface area (Å²) >= 11 is 0. The molecule has 0 fully saturated rings. The Morgan fingerprint density at radius 3 is 2.54 bits per heavy atom. The molecule has 0 bridgehead atoms. The Labute approximate surface area is 157 Å². The minimum Gasteiger partial charge on any atom is -0.410 e. The van der Waals surface area contributed by atoms with Gasteiger partial charge in [0.1, 0.15) is 0 Å². The number of allylic oxidation sites excluding steroid dienone is 1. The van der Waals surface area contributed by atoms with E-state index in [4.69, 9.17) is 4.43 Å². The SMILES string of the molecule is C=C=CCCCC(O[Si](C)(C)C(C)(C)C)c1c[nH]c(=O)c2ccccc12. The zero-order valence-electron chi connectivity index (χ0n) is 16.7. The molecule has 1 aromatic carbocycles. The van der Waals surface area contributed by atoms with E-state index >= 15 is 0 Å². The van der Waals surface area contributed by atoms with Crippen molar-refractivity contribution in [1.29, 1.82) is 0 Å². The van der Waals surface area contributed by atoms with Crippen molar-refractivity contribution in [3.63, 3.8) is 0 Å². The van der Waals surface area contributed by atoms with E-state index < -0.39 is 8.32 Å². The van der Waals surface area contributed by atoms with Crippen LogP contribution in [0.15, 0.2) is 53.6 Å². The third kappa shape index (κ3) is 4.64. The Kier molecular flexibility index (Phi) is 6.46. The van der Waals surface area contributed by atoms with Gasteiger partial charge < -0.3 is 9.41 Å². The highest BCUT2D eigenvalue weighted by molar-refractivity contribution is 6.74. The second-order valence-corrected chi connectivity index (χ2v) is 13.1. The standard InChI is InChI=1S/C22H31NO2Si/c1-7-8-9-10-15-20(25-26(5,6)22(2,3)4)19-16-23-21(24)18-14-12-11-13-17(18)19/h8,11-14,16,20H,1,9-10,15H2,2-6H3,(H,23,24). The molecule has 0 spiro atoms. The molecule has 2 rings (SSSR count). The van der Waals surface area contributed by atoms with Crippen molar-refractivity contribution in [2.75, 3.05) is 0 Å². The van der Waals surface area contributed by atoms with Crippen molar-refractivity contribution < 1.29 is 4.43 Å². The normalized spacial score (nSPS) is 13.4. The summed E-state index contributed by atoms with van der Waals surface area (Å²) in [7, 11) is -1.95. The number of hydrogen-bond donors (Lipinski definition) is 1. The number of hydrogen-bond acceptors (Lipinski definition) is 2. The molecule has 0 aliphatic rings. The number of unbranched alkanes of at least 4 members (excludes halogenated alkanes) is 1. The second kappa shape index (κ2) is 8.21. The number of H-pyrrole nitrogens is 1. The van der Waals surface area contributed by atoms with E-state index in [0.717, 1.165) is 35.6 Å². The summed E-state index contributed by atoms with van der Waals surface area (Å²) in [6.07, 6.45) is 6.61. The van der Waals surface area contributed by atoms with Gasteiger partial charge in [-0.25, -0.2) is 0 Å². The average Bonchev–Trinajstić information content (AvgIpc) is 2.57. The lowest BCUT2D eigenvalue weighted by molar-refractivity contribution is 0.172. The fourth-order valence-electron chi connectivity index (χ4n) is 2.82. The Morgan fingerprint density at radius 1 is 1.27 bits per heavy atom. The zero-order chi connectivity index (χ0) is 19.4. The topological polar surface area (TPSA) is 42.1 Å². The minimum atomic E-state index is -1.95. The fraction of sp³-hybridized carbons (Fsp3) is 0.455. The first-order chi connectivity index (χ1) is 12.2. The molecule has 0 saturated heterocycles. The lowest BCUT2D eigenvalue weighted by Gasteiger charge is -2.39. The van der Waals surface area contributed by atoms with E-state index in [9.17, 15) is 4.79 Å². The Morgan fingerprint density at radius 2 is 1.92 bits per heavy atom. The van der Waals surface area contributed by atoms with Gasteiger partial charge in [-0.15, -0.1) is 5.73 Å². The quantitative estimate of drug-likeness (QED) is 0.364. The van der Waals surface area contributed by atoms with Crippen LogP contribution < -0.4 is 5.56 Å². The molecule has 1 unspecified atom stereocenters. The first kappa shape index (κ1) is 20.4. The van der Waals surface area contributed by atoms with Gasteiger partial charge >= 0.3 is 0 Å². The van der Waals surface area contributed by atoms with Gasteiger partial charge in [0.25, 0.3) is 5.56 Å². The molecule has 0 aliphatic carbocycles. The van der Waals surface area contributed by atoms with E-state index in [0.29, 0.717) is 0 Å². The molecular formula is C22H31NO2Si. The molecule has 1 atom stereocenters. The molecule has 0 amide bonds. The molecule has 4 heteroatoms. The molecule has 1 heterocycles. The Balaban J connectivity index is 2.45. The minimum absolute atomic E-state index is 0.0316. The van der Waals surface area contributed by atoms with Gasteiger partial charge in [0.2, 0.25) is 0 Å². The van der Waals surface area contributed by atoms with Crippen LogP contribution in [0.3, 0.4) is 0 Å². The molecule has 2 aromatic rings. The van der Waals surface area contributed by atoms with E-state index in [1.54, 1.807) is 0 Å². The first-order valence-electron chi connectivity index (χ1n) is 9.30. The fourth-order valence-corrected chi connectivity index (χ4v) is 4.13. The average molecular weight is 370 g/mol. The molecule has 140 valence electrons. The predicted molar refractivity (Wildman–Crippen MR) is 113 cm³/mol. The molecular weight excluding hydrogens is 338 g/mol. The summed E-state index contributed by atoms with van der Waals surface area (Å²) in [4.78, 5) is 15.1. The number of rotatable bonds is 7. The number of fused-ring (bicyclic) bond motifs is 1. The molecule has 3 nitrogen and oxygen atoms in total. The van der Waals surface area contributed by atoms with E-state index in [1.165, 1.54) is 0 Å². The smallest absolute Gasteiger partial charge is 0.255 e. The number of nitrogens with one attached hydrogen (secondary N) is 1. The number of aromatic amines is 1. The van der Waals surface area contributed by atoms with Gasteiger partial charge in [-0.1, -0.05) is 45.5 Å². The van der Waals surface area contributed by atoms with Crippen molar-refractivity contribution in [2.45, 2.75) is 64.3 Å². The van der Waals surface area contributed by atoms with Gasteiger partial charge in [-0.2, -0.15) is 0 Å². The lowest BCUT2D eigenvalue weighted by Crippen LogP contribution is -2.42. The molecule has 26 heavy (non-hydrogen) atoms. The molecule has 1 aromatic heterocycles. The Bertz CT molecular complexity index is 854. The third-order valence-corrected chi connectivity index (χ3v) is 9.88. The Hall–Kier alpha value is -1.87. The van der Waals surface area contributed by atoms with Gasteiger partial charge in [0.05, 0.1) is 6.10 Å². The summed E-state index contributed by atoms with van der Waals surface area (Å²) in [5.41, 5.74) is 3.86. The number of benzene rings is 1. The maximum Gasteiger partial charge on any atom is 0.255 e. The monoisotopic (exact) mass is 369 g/mol. The van der Waals surface area contributed by atoms with Crippen LogP contribution in [0.4, 0.5) is 0 Å². The van der Waals surface area contributed by atoms with Crippen LogP contribution in [0.25, 0.3) is 10.8 Å². The molecule has 0 aliphatic heterocycles. The summed E-state index contributed by atoms with van der Waals surface area (Å²) in [5, 5.41) is 1.84. The molecule has 1 N–H and O–H groups in total. The first-order valence-corrected chi connectivity index (χ1v) is 12.2. The van der Waals surface area contributed by atoms with Gasteiger partial charge in [0, 0.05) is 17.1 Å². The van der Waals surface area contributed by atoms with Crippen LogP contribution in [-0.4, -0.2) is 13.3 Å². The van der Waals surface area contributed by atoms with E-state index in [1.807, 2.05) is 36.5 Å². The predicted octanol–water partition coefficient (Wildman–Crippen LogP) is 6.10. The lowest BCUT2D eigenvalue weighted by atomic mass is 10.00. The zero-order valence-corrected chi connectivity index (χ0v) is 17.7. The van der Waals surface area contributed by atoms with Crippen LogP contribution in [0.1, 0.15) is 51.7 Å². The molecule has 0 saturated carbocycles. The highest BCUT2D eigenvalue weighted by Crippen LogP contribution is 2.41. The van der Waals surface area contributed by atoms with Crippen molar-refractivity contribution in [3.05, 3.63) is 64.8 Å². The summed E-state index contributed by atoms with van der Waals surface area (Å²) < 4.78 is 6.78. The van der Waals surface area contributed by atoms with Crippen LogP contribution in [-0.2, 0) is 4.43 Å². The van der Waals surface area contributed by atoms with Gasteiger partial charge in [0.15, 0.2) is 8.32 Å². The van der Waals surface area contributed by atoms with Crippen LogP contribution in [0.2, 0.25) is 18.1 Å².